The number of carbonyl (C=O) groups is 1. The number of urea groups is 1. The van der Waals surface area contributed by atoms with E-state index in [1.165, 1.54) is 0 Å². The summed E-state index contributed by atoms with van der Waals surface area (Å²) in [7, 11) is 0. The van der Waals surface area contributed by atoms with Gasteiger partial charge in [0.2, 0.25) is 0 Å². The molecule has 6 nitrogen and oxygen atoms in total. The molecule has 1 heterocycles. The second-order valence-electron chi connectivity index (χ2n) is 4.44. The van der Waals surface area contributed by atoms with Crippen molar-refractivity contribution in [2.75, 3.05) is 23.7 Å². The zero-order chi connectivity index (χ0) is 16.7. The van der Waals surface area contributed by atoms with Gasteiger partial charge in [0, 0.05) is 24.3 Å². The number of rotatable bonds is 5. The monoisotopic (exact) mass is 349 g/mol. The fraction of sp³-hybridized carbons (Fsp3) is 0.133. The summed E-state index contributed by atoms with van der Waals surface area (Å²) in [5.41, 5.74) is 0.919. The third kappa shape index (κ3) is 5.02. The molecule has 8 heteroatoms. The number of anilines is 2. The summed E-state index contributed by atoms with van der Waals surface area (Å²) in [6.07, 6.45) is 1.59. The van der Waals surface area contributed by atoms with Crippen LogP contribution < -0.4 is 16.0 Å². The van der Waals surface area contributed by atoms with Crippen LogP contribution in [0.2, 0.25) is 10.0 Å². The van der Waals surface area contributed by atoms with Crippen LogP contribution in [0.15, 0.2) is 36.5 Å². The molecule has 118 valence electrons. The number of hydrogen-bond donors (Lipinski definition) is 3. The summed E-state index contributed by atoms with van der Waals surface area (Å²) in [6, 6.07) is 9.80. The number of amides is 2. The van der Waals surface area contributed by atoms with E-state index in [0.717, 1.165) is 0 Å². The fourth-order valence-corrected chi connectivity index (χ4v) is 2.21. The lowest BCUT2D eigenvalue weighted by Gasteiger charge is -2.10. The van der Waals surface area contributed by atoms with Crippen LogP contribution in [0.1, 0.15) is 5.56 Å². The lowest BCUT2D eigenvalue weighted by Crippen LogP contribution is -2.32. The Hall–Kier alpha value is -2.49. The summed E-state index contributed by atoms with van der Waals surface area (Å²) in [5, 5.41) is 18.1. The van der Waals surface area contributed by atoms with Crippen molar-refractivity contribution < 1.29 is 4.79 Å². The van der Waals surface area contributed by atoms with Crippen molar-refractivity contribution in [2.45, 2.75) is 0 Å². The topological polar surface area (TPSA) is 89.8 Å². The van der Waals surface area contributed by atoms with Crippen LogP contribution in [0.4, 0.5) is 16.3 Å². The van der Waals surface area contributed by atoms with Gasteiger partial charge in [-0.15, -0.1) is 0 Å². The minimum atomic E-state index is -0.391. The molecular formula is C15H13Cl2N5O. The van der Waals surface area contributed by atoms with Crippen molar-refractivity contribution in [3.8, 4) is 6.07 Å². The number of pyridine rings is 1. The Morgan fingerprint density at radius 1 is 1.26 bits per heavy atom. The Kier molecular flexibility index (Phi) is 6.03. The molecular weight excluding hydrogens is 337 g/mol. The average molecular weight is 350 g/mol. The first-order valence-electron chi connectivity index (χ1n) is 6.69. The van der Waals surface area contributed by atoms with Crippen LogP contribution in [0.5, 0.6) is 0 Å². The summed E-state index contributed by atoms with van der Waals surface area (Å²) >= 11 is 11.8. The van der Waals surface area contributed by atoms with Gasteiger partial charge in [-0.2, -0.15) is 5.26 Å². The second kappa shape index (κ2) is 8.22. The fourth-order valence-electron chi connectivity index (χ4n) is 1.75. The highest BCUT2D eigenvalue weighted by molar-refractivity contribution is 6.36. The molecule has 0 aliphatic rings. The summed E-state index contributed by atoms with van der Waals surface area (Å²) in [5.74, 6) is 0.484. The van der Waals surface area contributed by atoms with Gasteiger partial charge in [-0.1, -0.05) is 23.2 Å². The van der Waals surface area contributed by atoms with Crippen molar-refractivity contribution in [2.24, 2.45) is 0 Å². The Morgan fingerprint density at radius 3 is 2.83 bits per heavy atom. The molecule has 0 unspecified atom stereocenters. The highest BCUT2D eigenvalue weighted by Gasteiger charge is 2.06. The average Bonchev–Trinajstić information content (AvgIpc) is 2.54. The molecule has 0 radical (unpaired) electrons. The quantitative estimate of drug-likeness (QED) is 0.720. The van der Waals surface area contributed by atoms with Crippen molar-refractivity contribution in [3.63, 3.8) is 0 Å². The largest absolute Gasteiger partial charge is 0.367 e. The molecule has 1 aromatic heterocycles. The molecule has 0 spiro atoms. The number of nitrogens with zero attached hydrogens (tertiary/aromatic N) is 2. The molecule has 0 saturated heterocycles. The van der Waals surface area contributed by atoms with Gasteiger partial charge < -0.3 is 16.0 Å². The van der Waals surface area contributed by atoms with E-state index < -0.39 is 6.03 Å². The van der Waals surface area contributed by atoms with Crippen molar-refractivity contribution in [1.29, 1.82) is 5.26 Å². The molecule has 0 atom stereocenters. The molecule has 0 aliphatic carbocycles. The Morgan fingerprint density at radius 2 is 2.09 bits per heavy atom. The summed E-state index contributed by atoms with van der Waals surface area (Å²) in [6.45, 7) is 0.770. The summed E-state index contributed by atoms with van der Waals surface area (Å²) < 4.78 is 0. The zero-order valence-electron chi connectivity index (χ0n) is 11.9. The second-order valence-corrected chi connectivity index (χ2v) is 5.29. The minimum absolute atomic E-state index is 0.346. The SMILES string of the molecule is N#Cc1cccnc1NCCNC(=O)Nc1ccc(Cl)cc1Cl. The van der Waals surface area contributed by atoms with Crippen LogP contribution in [0.25, 0.3) is 0 Å². The van der Waals surface area contributed by atoms with E-state index in [4.69, 9.17) is 28.5 Å². The Balaban J connectivity index is 1.78. The molecule has 0 saturated carbocycles. The van der Waals surface area contributed by atoms with Crippen LogP contribution in [-0.4, -0.2) is 24.1 Å². The van der Waals surface area contributed by atoms with E-state index in [-0.39, 0.29) is 0 Å². The van der Waals surface area contributed by atoms with Gasteiger partial charge in [0.05, 0.1) is 16.3 Å². The zero-order valence-corrected chi connectivity index (χ0v) is 13.4. The van der Waals surface area contributed by atoms with Crippen LogP contribution in [0, 0.1) is 11.3 Å². The van der Waals surface area contributed by atoms with E-state index in [1.54, 1.807) is 36.5 Å². The number of aromatic nitrogens is 1. The van der Waals surface area contributed by atoms with Gasteiger partial charge in [0.25, 0.3) is 0 Å². The Labute approximate surface area is 143 Å². The highest BCUT2D eigenvalue weighted by Crippen LogP contribution is 2.25. The van der Waals surface area contributed by atoms with Gasteiger partial charge in [0.15, 0.2) is 0 Å². The lowest BCUT2D eigenvalue weighted by molar-refractivity contribution is 0.252. The van der Waals surface area contributed by atoms with Crippen LogP contribution >= 0.6 is 23.2 Å². The van der Waals surface area contributed by atoms with Gasteiger partial charge >= 0.3 is 6.03 Å². The van der Waals surface area contributed by atoms with E-state index in [9.17, 15) is 4.79 Å². The van der Waals surface area contributed by atoms with E-state index in [1.807, 2.05) is 6.07 Å². The first-order valence-corrected chi connectivity index (χ1v) is 7.44. The highest BCUT2D eigenvalue weighted by atomic mass is 35.5. The minimum Gasteiger partial charge on any atom is -0.367 e. The van der Waals surface area contributed by atoms with Gasteiger partial charge in [-0.3, -0.25) is 0 Å². The van der Waals surface area contributed by atoms with E-state index in [2.05, 4.69) is 20.9 Å². The number of nitrogens with one attached hydrogen (secondary N) is 3. The first-order chi connectivity index (χ1) is 11.1. The van der Waals surface area contributed by atoms with Crippen LogP contribution in [-0.2, 0) is 0 Å². The third-order valence-corrected chi connectivity index (χ3v) is 3.36. The number of carbonyl (C=O) groups excluding carboxylic acids is 1. The van der Waals surface area contributed by atoms with E-state index >= 15 is 0 Å². The van der Waals surface area contributed by atoms with Crippen molar-refractivity contribution in [3.05, 3.63) is 52.1 Å². The number of benzene rings is 1. The molecule has 1 aromatic carbocycles. The lowest BCUT2D eigenvalue weighted by atomic mass is 10.3. The standard InChI is InChI=1S/C15H13Cl2N5O/c16-11-3-4-13(12(17)8-11)22-15(23)21-7-6-20-14-10(9-18)2-1-5-19-14/h1-5,8H,6-7H2,(H,19,20)(H2,21,22,23). The molecule has 0 aliphatic heterocycles. The third-order valence-electron chi connectivity index (χ3n) is 2.81. The molecule has 0 bridgehead atoms. The number of hydrogen-bond acceptors (Lipinski definition) is 4. The molecule has 2 aromatic rings. The molecule has 2 rings (SSSR count). The smallest absolute Gasteiger partial charge is 0.319 e. The molecule has 2 amide bonds. The van der Waals surface area contributed by atoms with Crippen LogP contribution in [0.3, 0.4) is 0 Å². The molecule has 23 heavy (non-hydrogen) atoms. The van der Waals surface area contributed by atoms with Gasteiger partial charge in [0.1, 0.15) is 11.9 Å². The predicted molar refractivity (Wildman–Crippen MR) is 90.9 cm³/mol. The maximum atomic E-state index is 11.8. The van der Waals surface area contributed by atoms with Gasteiger partial charge in [-0.25, -0.2) is 9.78 Å². The number of halogens is 2. The van der Waals surface area contributed by atoms with Gasteiger partial charge in [-0.05, 0) is 30.3 Å². The molecule has 0 fully saturated rings. The maximum Gasteiger partial charge on any atom is 0.319 e. The first kappa shape index (κ1) is 16.9. The maximum absolute atomic E-state index is 11.8. The Bertz CT molecular complexity index is 745. The number of nitriles is 1. The predicted octanol–water partition coefficient (Wildman–Crippen LogP) is 3.49. The summed E-state index contributed by atoms with van der Waals surface area (Å²) in [4.78, 5) is 15.8. The molecule has 3 N–H and O–H groups in total. The van der Waals surface area contributed by atoms with E-state index in [0.29, 0.717) is 40.2 Å². The normalized spacial score (nSPS) is 9.78. The van der Waals surface area contributed by atoms with Crippen molar-refractivity contribution in [1.82, 2.24) is 10.3 Å². The van der Waals surface area contributed by atoms with Crippen molar-refractivity contribution >= 4 is 40.7 Å².